The van der Waals surface area contributed by atoms with E-state index in [9.17, 15) is 4.79 Å². The lowest BCUT2D eigenvalue weighted by Gasteiger charge is -2.21. The van der Waals surface area contributed by atoms with Gasteiger partial charge in [-0.05, 0) is 55.7 Å². The minimum absolute atomic E-state index is 0.0738. The van der Waals surface area contributed by atoms with E-state index in [0.717, 1.165) is 53.9 Å². The summed E-state index contributed by atoms with van der Waals surface area (Å²) in [5.74, 6) is 0.960. The number of fused-ring (bicyclic) bond motifs is 2. The van der Waals surface area contributed by atoms with Crippen LogP contribution in [0.1, 0.15) is 28.0 Å². The van der Waals surface area contributed by atoms with Gasteiger partial charge in [0.05, 0.1) is 11.0 Å². The molecule has 0 atom stereocenters. The highest BCUT2D eigenvalue weighted by atomic mass is 16.2. The van der Waals surface area contributed by atoms with Crippen molar-refractivity contribution in [2.75, 3.05) is 31.1 Å². The van der Waals surface area contributed by atoms with Crippen LogP contribution in [0.3, 0.4) is 0 Å². The number of rotatable bonds is 2. The van der Waals surface area contributed by atoms with E-state index >= 15 is 0 Å². The van der Waals surface area contributed by atoms with Crippen LogP contribution in [0.4, 0.5) is 5.95 Å². The van der Waals surface area contributed by atoms with E-state index in [-0.39, 0.29) is 5.91 Å². The van der Waals surface area contributed by atoms with Gasteiger partial charge < -0.3 is 19.8 Å². The number of imidazole rings is 1. The van der Waals surface area contributed by atoms with Crippen molar-refractivity contribution in [3.05, 3.63) is 59.3 Å². The van der Waals surface area contributed by atoms with Gasteiger partial charge in [0.15, 0.2) is 0 Å². The molecule has 6 nitrogen and oxygen atoms in total. The van der Waals surface area contributed by atoms with Crippen molar-refractivity contribution in [1.29, 1.82) is 0 Å². The lowest BCUT2D eigenvalue weighted by Crippen LogP contribution is -2.35. The Morgan fingerprint density at radius 3 is 2.69 bits per heavy atom. The summed E-state index contributed by atoms with van der Waals surface area (Å²) in [5, 5.41) is 1.13. The number of aromatic amines is 2. The number of benzene rings is 2. The van der Waals surface area contributed by atoms with Crippen LogP contribution in [0, 0.1) is 13.8 Å². The summed E-state index contributed by atoms with van der Waals surface area (Å²) in [7, 11) is 0. The van der Waals surface area contributed by atoms with Crippen LogP contribution < -0.4 is 4.90 Å². The molecule has 148 valence electrons. The van der Waals surface area contributed by atoms with Crippen molar-refractivity contribution in [2.24, 2.45) is 0 Å². The highest BCUT2D eigenvalue weighted by Gasteiger charge is 2.23. The first-order chi connectivity index (χ1) is 14.1. The molecule has 0 unspecified atom stereocenters. The lowest BCUT2D eigenvalue weighted by atomic mass is 10.1. The Bertz CT molecular complexity index is 1170. The van der Waals surface area contributed by atoms with Gasteiger partial charge in [-0.3, -0.25) is 4.79 Å². The van der Waals surface area contributed by atoms with Crippen LogP contribution in [-0.2, 0) is 0 Å². The number of nitrogens with zero attached hydrogens (tertiary/aromatic N) is 3. The second-order valence-electron chi connectivity index (χ2n) is 7.86. The fraction of sp³-hybridized carbons (Fsp3) is 0.304. The number of amides is 1. The van der Waals surface area contributed by atoms with Crippen LogP contribution in [0.5, 0.6) is 0 Å². The number of hydrogen-bond donors (Lipinski definition) is 2. The number of nitrogens with one attached hydrogen (secondary N) is 2. The van der Waals surface area contributed by atoms with E-state index in [0.29, 0.717) is 12.2 Å². The van der Waals surface area contributed by atoms with Crippen molar-refractivity contribution in [3.63, 3.8) is 0 Å². The topological polar surface area (TPSA) is 68.0 Å². The molecule has 6 heteroatoms. The van der Waals surface area contributed by atoms with Crippen molar-refractivity contribution in [2.45, 2.75) is 20.3 Å². The lowest BCUT2D eigenvalue weighted by molar-refractivity contribution is 0.0762. The fourth-order valence-corrected chi connectivity index (χ4v) is 4.17. The number of carbonyl (C=O) groups excluding carboxylic acids is 1. The second kappa shape index (κ2) is 6.95. The van der Waals surface area contributed by atoms with Gasteiger partial charge in [-0.1, -0.05) is 18.2 Å². The maximum absolute atomic E-state index is 13.2. The number of H-pyrrole nitrogens is 2. The summed E-state index contributed by atoms with van der Waals surface area (Å²) in [4.78, 5) is 28.8. The molecule has 0 bridgehead atoms. The normalized spacial score (nSPS) is 15.2. The van der Waals surface area contributed by atoms with Gasteiger partial charge >= 0.3 is 0 Å². The Hall–Kier alpha value is -3.28. The fourth-order valence-electron chi connectivity index (χ4n) is 4.17. The Morgan fingerprint density at radius 2 is 1.83 bits per heavy atom. The van der Waals surface area contributed by atoms with E-state index in [2.05, 4.69) is 40.8 Å². The SMILES string of the molecule is Cc1ccc2[nH]c(C(=O)N3CCCN(c4nc5ccccc5[nH]4)CC3)cc2c1C. The molecule has 1 saturated heterocycles. The molecule has 1 aliphatic heterocycles. The van der Waals surface area contributed by atoms with Crippen molar-refractivity contribution >= 4 is 33.8 Å². The average molecular weight is 387 g/mol. The van der Waals surface area contributed by atoms with E-state index in [1.807, 2.05) is 35.2 Å². The second-order valence-corrected chi connectivity index (χ2v) is 7.86. The smallest absolute Gasteiger partial charge is 0.270 e. The highest BCUT2D eigenvalue weighted by Crippen LogP contribution is 2.24. The standard InChI is InChI=1S/C23H25N5O/c1-15-8-9-18-17(16(15)2)14-21(24-18)22(29)27-10-5-11-28(13-12-27)23-25-19-6-3-4-7-20(19)26-23/h3-4,6-9,14,24H,5,10-13H2,1-2H3,(H,25,26). The molecule has 0 aliphatic carbocycles. The Kier molecular flexibility index (Phi) is 4.27. The zero-order valence-corrected chi connectivity index (χ0v) is 16.8. The summed E-state index contributed by atoms with van der Waals surface area (Å²) in [6.07, 6.45) is 0.918. The molecule has 29 heavy (non-hydrogen) atoms. The van der Waals surface area contributed by atoms with Crippen LogP contribution in [0.15, 0.2) is 42.5 Å². The van der Waals surface area contributed by atoms with Gasteiger partial charge in [0, 0.05) is 37.1 Å². The predicted octanol–water partition coefficient (Wildman–Crippen LogP) is 4.01. The zero-order chi connectivity index (χ0) is 20.0. The van der Waals surface area contributed by atoms with Gasteiger partial charge in [-0.2, -0.15) is 0 Å². The van der Waals surface area contributed by atoms with Crippen LogP contribution >= 0.6 is 0 Å². The third-order valence-electron chi connectivity index (χ3n) is 6.03. The van der Waals surface area contributed by atoms with E-state index in [1.165, 1.54) is 11.1 Å². The Labute approximate surface area is 169 Å². The van der Waals surface area contributed by atoms with Gasteiger partial charge in [0.25, 0.3) is 5.91 Å². The summed E-state index contributed by atoms with van der Waals surface area (Å²) in [5.41, 5.74) is 6.18. The minimum atomic E-state index is 0.0738. The van der Waals surface area contributed by atoms with Gasteiger partial charge in [-0.15, -0.1) is 0 Å². The quantitative estimate of drug-likeness (QED) is 0.546. The van der Waals surface area contributed by atoms with Crippen molar-refractivity contribution < 1.29 is 4.79 Å². The maximum Gasteiger partial charge on any atom is 0.270 e. The molecular formula is C23H25N5O. The maximum atomic E-state index is 13.2. The summed E-state index contributed by atoms with van der Waals surface area (Å²) in [6, 6.07) is 14.2. The molecule has 0 radical (unpaired) electrons. The molecule has 0 spiro atoms. The number of para-hydroxylation sites is 2. The molecule has 5 rings (SSSR count). The predicted molar refractivity (Wildman–Crippen MR) is 117 cm³/mol. The molecule has 4 aromatic rings. The van der Waals surface area contributed by atoms with E-state index in [4.69, 9.17) is 4.98 Å². The first-order valence-corrected chi connectivity index (χ1v) is 10.2. The largest absolute Gasteiger partial charge is 0.351 e. The van der Waals surface area contributed by atoms with Crippen molar-refractivity contribution in [1.82, 2.24) is 19.9 Å². The monoisotopic (exact) mass is 387 g/mol. The van der Waals surface area contributed by atoms with Gasteiger partial charge in [0.2, 0.25) is 5.95 Å². The van der Waals surface area contributed by atoms with E-state index < -0.39 is 0 Å². The van der Waals surface area contributed by atoms with Crippen LogP contribution in [0.25, 0.3) is 21.9 Å². The zero-order valence-electron chi connectivity index (χ0n) is 16.8. The Balaban J connectivity index is 1.35. The molecule has 2 aromatic heterocycles. The van der Waals surface area contributed by atoms with Gasteiger partial charge in [-0.25, -0.2) is 4.98 Å². The summed E-state index contributed by atoms with van der Waals surface area (Å²) < 4.78 is 0. The highest BCUT2D eigenvalue weighted by molar-refractivity contribution is 5.99. The number of anilines is 1. The van der Waals surface area contributed by atoms with Crippen LogP contribution in [0.2, 0.25) is 0 Å². The van der Waals surface area contributed by atoms with E-state index in [1.54, 1.807) is 0 Å². The molecule has 0 saturated carbocycles. The van der Waals surface area contributed by atoms with Crippen molar-refractivity contribution in [3.8, 4) is 0 Å². The van der Waals surface area contributed by atoms with Crippen LogP contribution in [-0.4, -0.2) is 51.9 Å². The molecule has 1 fully saturated rings. The number of aryl methyl sites for hydroxylation is 2. The Morgan fingerprint density at radius 1 is 0.966 bits per heavy atom. The number of hydrogen-bond acceptors (Lipinski definition) is 3. The third kappa shape index (κ3) is 3.14. The first-order valence-electron chi connectivity index (χ1n) is 10.2. The number of carbonyl (C=O) groups is 1. The minimum Gasteiger partial charge on any atom is -0.351 e. The third-order valence-corrected chi connectivity index (χ3v) is 6.03. The number of aromatic nitrogens is 3. The summed E-state index contributed by atoms with van der Waals surface area (Å²) in [6.45, 7) is 7.30. The average Bonchev–Trinajstić information content (AvgIpc) is 3.28. The molecule has 1 amide bonds. The molecule has 2 aromatic carbocycles. The first kappa shape index (κ1) is 17.8. The summed E-state index contributed by atoms with van der Waals surface area (Å²) >= 11 is 0. The molecule has 1 aliphatic rings. The molecule has 3 heterocycles. The van der Waals surface area contributed by atoms with Gasteiger partial charge in [0.1, 0.15) is 5.69 Å². The molecular weight excluding hydrogens is 362 g/mol. The molecule has 2 N–H and O–H groups in total.